The molecule has 0 bridgehead atoms. The van der Waals surface area contributed by atoms with E-state index in [4.69, 9.17) is 11.6 Å². The number of aromatic nitrogens is 1. The van der Waals surface area contributed by atoms with E-state index in [-0.39, 0.29) is 5.91 Å². The molecular formula is C18H20ClN3O. The fraction of sp³-hybridized carbons (Fsp3) is 0.333. The minimum absolute atomic E-state index is 0.132. The topological polar surface area (TPSA) is 45.2 Å². The second-order valence-electron chi connectivity index (χ2n) is 5.73. The van der Waals surface area contributed by atoms with Crippen molar-refractivity contribution in [2.24, 2.45) is 0 Å². The highest BCUT2D eigenvalue weighted by atomic mass is 35.5. The van der Waals surface area contributed by atoms with Crippen LogP contribution < -0.4 is 10.2 Å². The summed E-state index contributed by atoms with van der Waals surface area (Å²) in [7, 11) is 0. The molecular weight excluding hydrogens is 310 g/mol. The minimum atomic E-state index is -0.132. The number of rotatable bonds is 5. The molecule has 2 aromatic rings. The predicted molar refractivity (Wildman–Crippen MR) is 93.2 cm³/mol. The standard InChI is InChI=1S/C18H20ClN3O/c19-15-5-3-14(4-6-15)9-10-20-18(23)17-8-7-16(13-21-17)22-11-1-2-12-22/h3-8,13H,1-2,9-12H2,(H,20,23). The summed E-state index contributed by atoms with van der Waals surface area (Å²) in [6.45, 7) is 2.73. The maximum Gasteiger partial charge on any atom is 0.269 e. The lowest BCUT2D eigenvalue weighted by molar-refractivity contribution is 0.0949. The van der Waals surface area contributed by atoms with Gasteiger partial charge >= 0.3 is 0 Å². The largest absolute Gasteiger partial charge is 0.370 e. The summed E-state index contributed by atoms with van der Waals surface area (Å²) >= 11 is 5.85. The van der Waals surface area contributed by atoms with Gasteiger partial charge in [0.15, 0.2) is 0 Å². The third-order valence-electron chi connectivity index (χ3n) is 4.06. The van der Waals surface area contributed by atoms with E-state index in [0.29, 0.717) is 12.2 Å². The zero-order valence-corrected chi connectivity index (χ0v) is 13.7. The highest BCUT2D eigenvalue weighted by molar-refractivity contribution is 6.30. The number of hydrogen-bond acceptors (Lipinski definition) is 3. The van der Waals surface area contributed by atoms with Crippen LogP contribution in [0.5, 0.6) is 0 Å². The third kappa shape index (κ3) is 4.23. The van der Waals surface area contributed by atoms with Crippen molar-refractivity contribution in [3.63, 3.8) is 0 Å². The van der Waals surface area contributed by atoms with Crippen molar-refractivity contribution >= 4 is 23.2 Å². The maximum absolute atomic E-state index is 12.1. The van der Waals surface area contributed by atoms with Crippen molar-refractivity contribution in [1.29, 1.82) is 0 Å². The Bertz CT molecular complexity index is 649. The Hall–Kier alpha value is -2.07. The monoisotopic (exact) mass is 329 g/mol. The van der Waals surface area contributed by atoms with Crippen LogP contribution in [0.25, 0.3) is 0 Å². The smallest absolute Gasteiger partial charge is 0.269 e. The average Bonchev–Trinajstić information content (AvgIpc) is 3.11. The van der Waals surface area contributed by atoms with Crippen LogP contribution in [0.3, 0.4) is 0 Å². The molecule has 120 valence electrons. The first-order chi connectivity index (χ1) is 11.2. The van der Waals surface area contributed by atoms with E-state index in [9.17, 15) is 4.79 Å². The van der Waals surface area contributed by atoms with Crippen molar-refractivity contribution in [2.45, 2.75) is 19.3 Å². The molecule has 0 spiro atoms. The van der Waals surface area contributed by atoms with Crippen LogP contribution >= 0.6 is 11.6 Å². The Kier molecular flexibility index (Phi) is 5.13. The van der Waals surface area contributed by atoms with E-state index in [0.717, 1.165) is 35.8 Å². The zero-order valence-electron chi connectivity index (χ0n) is 13.0. The van der Waals surface area contributed by atoms with Crippen molar-refractivity contribution in [1.82, 2.24) is 10.3 Å². The van der Waals surface area contributed by atoms with Crippen LogP contribution in [0.1, 0.15) is 28.9 Å². The van der Waals surface area contributed by atoms with Crippen LogP contribution in [0.15, 0.2) is 42.6 Å². The van der Waals surface area contributed by atoms with Gasteiger partial charge in [0.05, 0.1) is 11.9 Å². The Morgan fingerprint density at radius 3 is 2.52 bits per heavy atom. The molecule has 1 fully saturated rings. The van der Waals surface area contributed by atoms with Crippen LogP contribution in [0.4, 0.5) is 5.69 Å². The first-order valence-electron chi connectivity index (χ1n) is 7.96. The van der Waals surface area contributed by atoms with E-state index in [1.54, 1.807) is 12.3 Å². The molecule has 1 aromatic carbocycles. The Labute approximate surface area is 141 Å². The van der Waals surface area contributed by atoms with Crippen LogP contribution in [-0.4, -0.2) is 30.5 Å². The average molecular weight is 330 g/mol. The van der Waals surface area contributed by atoms with Crippen molar-refractivity contribution in [2.75, 3.05) is 24.5 Å². The van der Waals surface area contributed by atoms with E-state index >= 15 is 0 Å². The van der Waals surface area contributed by atoms with Crippen LogP contribution in [-0.2, 0) is 6.42 Å². The first kappa shape index (κ1) is 15.8. The van der Waals surface area contributed by atoms with Gasteiger partial charge < -0.3 is 10.2 Å². The molecule has 3 rings (SSSR count). The van der Waals surface area contributed by atoms with Crippen molar-refractivity contribution < 1.29 is 4.79 Å². The number of halogens is 1. The van der Waals surface area contributed by atoms with Gasteiger partial charge in [0, 0.05) is 24.7 Å². The van der Waals surface area contributed by atoms with E-state index in [1.165, 1.54) is 12.8 Å². The molecule has 1 aliphatic rings. The Morgan fingerprint density at radius 2 is 1.87 bits per heavy atom. The molecule has 1 N–H and O–H groups in total. The molecule has 0 radical (unpaired) electrons. The summed E-state index contributed by atoms with van der Waals surface area (Å²) in [5.74, 6) is -0.132. The Morgan fingerprint density at radius 1 is 1.13 bits per heavy atom. The SMILES string of the molecule is O=C(NCCc1ccc(Cl)cc1)c1ccc(N2CCCC2)cn1. The first-order valence-corrected chi connectivity index (χ1v) is 8.34. The van der Waals surface area contributed by atoms with E-state index < -0.39 is 0 Å². The Balaban J connectivity index is 1.50. The van der Waals surface area contributed by atoms with E-state index in [1.807, 2.05) is 30.3 Å². The molecule has 0 aliphatic carbocycles. The number of benzene rings is 1. The summed E-state index contributed by atoms with van der Waals surface area (Å²) in [6, 6.07) is 11.4. The maximum atomic E-state index is 12.1. The third-order valence-corrected chi connectivity index (χ3v) is 4.32. The minimum Gasteiger partial charge on any atom is -0.370 e. The number of anilines is 1. The van der Waals surface area contributed by atoms with Gasteiger partial charge in [0.1, 0.15) is 5.69 Å². The van der Waals surface area contributed by atoms with Gasteiger partial charge in [-0.05, 0) is 49.1 Å². The van der Waals surface area contributed by atoms with Gasteiger partial charge in [-0.15, -0.1) is 0 Å². The highest BCUT2D eigenvalue weighted by Crippen LogP contribution is 2.18. The van der Waals surface area contributed by atoms with E-state index in [2.05, 4.69) is 15.2 Å². The lowest BCUT2D eigenvalue weighted by Crippen LogP contribution is -2.26. The number of hydrogen-bond donors (Lipinski definition) is 1. The summed E-state index contributed by atoms with van der Waals surface area (Å²) in [4.78, 5) is 18.7. The molecule has 4 nitrogen and oxygen atoms in total. The summed E-state index contributed by atoms with van der Waals surface area (Å²) < 4.78 is 0. The molecule has 1 amide bonds. The number of nitrogens with one attached hydrogen (secondary N) is 1. The second-order valence-corrected chi connectivity index (χ2v) is 6.16. The lowest BCUT2D eigenvalue weighted by Gasteiger charge is -2.16. The molecule has 0 saturated carbocycles. The lowest BCUT2D eigenvalue weighted by atomic mass is 10.1. The van der Waals surface area contributed by atoms with Gasteiger partial charge in [-0.3, -0.25) is 4.79 Å². The molecule has 23 heavy (non-hydrogen) atoms. The number of nitrogens with zero attached hydrogens (tertiary/aromatic N) is 2. The van der Waals surface area contributed by atoms with Gasteiger partial charge in [0.25, 0.3) is 5.91 Å². The molecule has 2 heterocycles. The number of carbonyl (C=O) groups excluding carboxylic acids is 1. The molecule has 1 aromatic heterocycles. The fourth-order valence-corrected chi connectivity index (χ4v) is 2.87. The predicted octanol–water partition coefficient (Wildman–Crippen LogP) is 3.31. The van der Waals surface area contributed by atoms with Crippen LogP contribution in [0, 0.1) is 0 Å². The highest BCUT2D eigenvalue weighted by Gasteiger charge is 2.13. The van der Waals surface area contributed by atoms with Gasteiger partial charge in [-0.2, -0.15) is 0 Å². The second kappa shape index (κ2) is 7.47. The molecule has 0 atom stereocenters. The summed E-state index contributed by atoms with van der Waals surface area (Å²) in [6.07, 6.45) is 5.02. The molecule has 5 heteroatoms. The van der Waals surface area contributed by atoms with Crippen molar-refractivity contribution in [3.05, 3.63) is 58.9 Å². The fourth-order valence-electron chi connectivity index (χ4n) is 2.74. The van der Waals surface area contributed by atoms with Gasteiger partial charge in [-0.1, -0.05) is 23.7 Å². The quantitative estimate of drug-likeness (QED) is 0.915. The molecule has 1 aliphatic heterocycles. The van der Waals surface area contributed by atoms with Gasteiger partial charge in [-0.25, -0.2) is 4.98 Å². The number of pyridine rings is 1. The molecule has 0 unspecified atom stereocenters. The number of amides is 1. The normalized spacial score (nSPS) is 14.0. The summed E-state index contributed by atoms with van der Waals surface area (Å²) in [5, 5.41) is 3.63. The zero-order chi connectivity index (χ0) is 16.1. The molecule has 1 saturated heterocycles. The van der Waals surface area contributed by atoms with Crippen molar-refractivity contribution in [3.8, 4) is 0 Å². The number of carbonyl (C=O) groups is 1. The van der Waals surface area contributed by atoms with Crippen LogP contribution in [0.2, 0.25) is 5.02 Å². The summed E-state index contributed by atoms with van der Waals surface area (Å²) in [5.41, 5.74) is 2.70. The van der Waals surface area contributed by atoms with Gasteiger partial charge in [0.2, 0.25) is 0 Å².